The summed E-state index contributed by atoms with van der Waals surface area (Å²) in [6, 6.07) is 11.1. The molecule has 162 valence electrons. The van der Waals surface area contributed by atoms with Crippen LogP contribution in [0.25, 0.3) is 0 Å². The Morgan fingerprint density at radius 2 is 1.87 bits per heavy atom. The van der Waals surface area contributed by atoms with Crippen LogP contribution in [0.5, 0.6) is 11.5 Å². The molecule has 2 aliphatic heterocycles. The smallest absolute Gasteiger partial charge is 0.240 e. The lowest BCUT2D eigenvalue weighted by Gasteiger charge is -2.30. The lowest BCUT2D eigenvalue weighted by molar-refractivity contribution is 0.171. The SMILES string of the molecule is CN1CCCc2cc(C(CNS(=O)(=O)c3ccc4c(c3)OCCO4)N(C)C)ccc21. The number of sulfonamides is 1. The zero-order chi connectivity index (χ0) is 21.3. The average molecular weight is 432 g/mol. The predicted molar refractivity (Wildman–Crippen MR) is 117 cm³/mol. The maximum Gasteiger partial charge on any atom is 0.240 e. The predicted octanol–water partition coefficient (Wildman–Crippen LogP) is 2.42. The van der Waals surface area contributed by atoms with Crippen LogP contribution >= 0.6 is 0 Å². The number of anilines is 1. The van der Waals surface area contributed by atoms with Crippen molar-refractivity contribution >= 4 is 15.7 Å². The van der Waals surface area contributed by atoms with Gasteiger partial charge in [0.1, 0.15) is 13.2 Å². The van der Waals surface area contributed by atoms with Crippen LogP contribution in [0.1, 0.15) is 23.6 Å². The highest BCUT2D eigenvalue weighted by atomic mass is 32.2. The first kappa shape index (κ1) is 21.0. The van der Waals surface area contributed by atoms with E-state index in [1.54, 1.807) is 12.1 Å². The third-order valence-corrected chi connectivity index (χ3v) is 7.17. The van der Waals surface area contributed by atoms with Crippen molar-refractivity contribution in [1.29, 1.82) is 0 Å². The Morgan fingerprint density at radius 3 is 2.63 bits per heavy atom. The molecule has 0 spiro atoms. The second-order valence-corrected chi connectivity index (χ2v) is 9.82. The third-order valence-electron chi connectivity index (χ3n) is 5.75. The van der Waals surface area contributed by atoms with Crippen LogP contribution in [-0.2, 0) is 16.4 Å². The summed E-state index contributed by atoms with van der Waals surface area (Å²) in [6.07, 6.45) is 2.19. The van der Waals surface area contributed by atoms with Gasteiger partial charge in [-0.05, 0) is 56.3 Å². The number of nitrogens with one attached hydrogen (secondary N) is 1. The molecular weight excluding hydrogens is 402 g/mol. The van der Waals surface area contributed by atoms with Gasteiger partial charge in [-0.1, -0.05) is 12.1 Å². The highest BCUT2D eigenvalue weighted by Gasteiger charge is 2.23. The van der Waals surface area contributed by atoms with Gasteiger partial charge in [-0.15, -0.1) is 0 Å². The van der Waals surface area contributed by atoms with E-state index in [2.05, 4.69) is 34.9 Å². The van der Waals surface area contributed by atoms with Crippen LogP contribution in [0.2, 0.25) is 0 Å². The van der Waals surface area contributed by atoms with Gasteiger partial charge in [0.25, 0.3) is 0 Å². The summed E-state index contributed by atoms with van der Waals surface area (Å²) in [5.74, 6) is 1.04. The quantitative estimate of drug-likeness (QED) is 0.758. The van der Waals surface area contributed by atoms with Crippen LogP contribution in [0.4, 0.5) is 5.69 Å². The lowest BCUT2D eigenvalue weighted by Crippen LogP contribution is -2.35. The number of nitrogens with zero attached hydrogens (tertiary/aromatic N) is 2. The van der Waals surface area contributed by atoms with Crippen LogP contribution in [-0.4, -0.2) is 60.8 Å². The normalized spacial score (nSPS) is 17.0. The summed E-state index contributed by atoms with van der Waals surface area (Å²) in [5.41, 5.74) is 3.70. The molecular formula is C22H29N3O4S. The van der Waals surface area contributed by atoms with Gasteiger partial charge < -0.3 is 19.3 Å². The van der Waals surface area contributed by atoms with E-state index in [0.29, 0.717) is 24.7 Å². The van der Waals surface area contributed by atoms with E-state index < -0.39 is 10.0 Å². The largest absolute Gasteiger partial charge is 0.486 e. The standard InChI is InChI=1S/C22H29N3O4S/c1-24(2)20(17-6-8-19-16(13-17)5-4-10-25(19)3)15-23-30(26,27)18-7-9-21-22(14-18)29-12-11-28-21/h6-9,13-14,20,23H,4-5,10-12,15H2,1-3H3. The van der Waals surface area contributed by atoms with E-state index in [9.17, 15) is 8.42 Å². The fraction of sp³-hybridized carbons (Fsp3) is 0.455. The Kier molecular flexibility index (Phi) is 5.90. The molecule has 7 nitrogen and oxygen atoms in total. The minimum Gasteiger partial charge on any atom is -0.486 e. The summed E-state index contributed by atoms with van der Waals surface area (Å²) in [5, 5.41) is 0. The van der Waals surface area contributed by atoms with E-state index in [4.69, 9.17) is 9.47 Å². The molecule has 2 aliphatic rings. The summed E-state index contributed by atoms with van der Waals surface area (Å²) in [6.45, 7) is 2.23. The Labute approximate surface area is 178 Å². The first-order chi connectivity index (χ1) is 14.3. The molecule has 0 bridgehead atoms. The Bertz CT molecular complexity index is 1020. The number of hydrogen-bond donors (Lipinski definition) is 1. The molecule has 1 N–H and O–H groups in total. The molecule has 0 saturated carbocycles. The average Bonchev–Trinajstić information content (AvgIpc) is 2.73. The van der Waals surface area contributed by atoms with Crippen molar-refractivity contribution in [2.45, 2.75) is 23.8 Å². The summed E-state index contributed by atoms with van der Waals surface area (Å²) < 4.78 is 39.6. The van der Waals surface area contributed by atoms with Gasteiger partial charge in [-0.25, -0.2) is 13.1 Å². The second kappa shape index (κ2) is 8.45. The molecule has 0 radical (unpaired) electrons. The molecule has 1 unspecified atom stereocenters. The molecule has 2 aromatic carbocycles. The van der Waals surface area contributed by atoms with Gasteiger partial charge in [0.05, 0.1) is 4.90 Å². The maximum atomic E-state index is 12.9. The van der Waals surface area contributed by atoms with Crippen molar-refractivity contribution in [3.8, 4) is 11.5 Å². The number of rotatable bonds is 6. The molecule has 1 atom stereocenters. The minimum atomic E-state index is -3.68. The van der Waals surface area contributed by atoms with E-state index in [1.165, 1.54) is 17.3 Å². The number of benzene rings is 2. The van der Waals surface area contributed by atoms with Crippen LogP contribution in [0.15, 0.2) is 41.3 Å². The van der Waals surface area contributed by atoms with Crippen molar-refractivity contribution in [3.05, 3.63) is 47.5 Å². The number of fused-ring (bicyclic) bond motifs is 2. The number of ether oxygens (including phenoxy) is 2. The summed E-state index contributed by atoms with van der Waals surface area (Å²) >= 11 is 0. The van der Waals surface area contributed by atoms with Gasteiger partial charge in [0.15, 0.2) is 11.5 Å². The summed E-state index contributed by atoms with van der Waals surface area (Å²) in [4.78, 5) is 4.50. The Morgan fingerprint density at radius 1 is 1.10 bits per heavy atom. The fourth-order valence-electron chi connectivity index (χ4n) is 4.07. The molecule has 2 aromatic rings. The fourth-order valence-corrected chi connectivity index (χ4v) is 5.13. The zero-order valence-corrected chi connectivity index (χ0v) is 18.5. The van der Waals surface area contributed by atoms with Gasteiger partial charge >= 0.3 is 0 Å². The second-order valence-electron chi connectivity index (χ2n) is 8.05. The van der Waals surface area contributed by atoms with Crippen LogP contribution in [0, 0.1) is 0 Å². The zero-order valence-electron chi connectivity index (χ0n) is 17.7. The van der Waals surface area contributed by atoms with Gasteiger partial charge in [0, 0.05) is 37.9 Å². The molecule has 0 aliphatic carbocycles. The topological polar surface area (TPSA) is 71.1 Å². The molecule has 0 aromatic heterocycles. The first-order valence-electron chi connectivity index (χ1n) is 10.2. The van der Waals surface area contributed by atoms with Gasteiger partial charge in [-0.2, -0.15) is 0 Å². The van der Waals surface area contributed by atoms with Crippen molar-refractivity contribution in [2.24, 2.45) is 0 Å². The summed E-state index contributed by atoms with van der Waals surface area (Å²) in [7, 11) is 2.37. The van der Waals surface area contributed by atoms with Crippen LogP contribution < -0.4 is 19.1 Å². The van der Waals surface area contributed by atoms with E-state index in [-0.39, 0.29) is 17.5 Å². The monoisotopic (exact) mass is 431 g/mol. The number of aryl methyl sites for hydroxylation is 1. The Hall–Kier alpha value is -2.29. The first-order valence-corrected chi connectivity index (χ1v) is 11.7. The van der Waals surface area contributed by atoms with Crippen molar-refractivity contribution in [3.63, 3.8) is 0 Å². The maximum absolute atomic E-state index is 12.9. The van der Waals surface area contributed by atoms with E-state index in [1.807, 2.05) is 19.0 Å². The van der Waals surface area contributed by atoms with Gasteiger partial charge in [-0.3, -0.25) is 0 Å². The lowest BCUT2D eigenvalue weighted by atomic mass is 9.96. The highest BCUT2D eigenvalue weighted by molar-refractivity contribution is 7.89. The number of likely N-dealkylation sites (N-methyl/N-ethyl adjacent to an activating group) is 1. The molecule has 2 heterocycles. The molecule has 30 heavy (non-hydrogen) atoms. The van der Waals surface area contributed by atoms with Crippen molar-refractivity contribution in [1.82, 2.24) is 9.62 Å². The third kappa shape index (κ3) is 4.26. The van der Waals surface area contributed by atoms with Crippen molar-refractivity contribution in [2.75, 3.05) is 52.3 Å². The van der Waals surface area contributed by atoms with E-state index in [0.717, 1.165) is 24.9 Å². The molecule has 0 fully saturated rings. The molecule has 0 amide bonds. The molecule has 4 rings (SSSR count). The molecule has 8 heteroatoms. The van der Waals surface area contributed by atoms with E-state index >= 15 is 0 Å². The number of hydrogen-bond acceptors (Lipinski definition) is 6. The molecule has 0 saturated heterocycles. The van der Waals surface area contributed by atoms with Crippen molar-refractivity contribution < 1.29 is 17.9 Å². The minimum absolute atomic E-state index is 0.0745. The van der Waals surface area contributed by atoms with Crippen LogP contribution in [0.3, 0.4) is 0 Å². The Balaban J connectivity index is 1.53. The highest BCUT2D eigenvalue weighted by Crippen LogP contribution is 2.33. The van der Waals surface area contributed by atoms with Gasteiger partial charge in [0.2, 0.25) is 10.0 Å².